The van der Waals surface area contributed by atoms with E-state index >= 15 is 4.39 Å². The highest BCUT2D eigenvalue weighted by Gasteiger charge is 2.41. The number of hydrogen-bond acceptors (Lipinski definition) is 6. The summed E-state index contributed by atoms with van der Waals surface area (Å²) in [5.41, 5.74) is -0.383. The molecule has 0 bridgehead atoms. The number of nitrogens with zero attached hydrogens (tertiary/aromatic N) is 2. The van der Waals surface area contributed by atoms with Crippen molar-refractivity contribution in [1.29, 1.82) is 0 Å². The summed E-state index contributed by atoms with van der Waals surface area (Å²) in [6.07, 6.45) is 3.64. The van der Waals surface area contributed by atoms with Crippen LogP contribution in [0.25, 0.3) is 27.3 Å². The number of aromatic nitrogens is 2. The molecule has 6 nitrogen and oxygen atoms in total. The fourth-order valence-corrected chi connectivity index (χ4v) is 7.55. The second-order valence-corrected chi connectivity index (χ2v) is 17.8. The van der Waals surface area contributed by atoms with Crippen molar-refractivity contribution in [3.05, 3.63) is 80.2 Å². The van der Waals surface area contributed by atoms with Gasteiger partial charge in [0.2, 0.25) is 5.43 Å². The minimum absolute atomic E-state index is 0.00402. The molecule has 1 aliphatic rings. The first-order valence-corrected chi connectivity index (χ1v) is 17.6. The molecule has 42 heavy (non-hydrogen) atoms. The summed E-state index contributed by atoms with van der Waals surface area (Å²) >= 11 is 1.41. The largest absolute Gasteiger partial charge is 0.462 e. The Bertz CT molecular complexity index is 1760. The van der Waals surface area contributed by atoms with Gasteiger partial charge in [-0.15, -0.1) is 11.3 Å². The molecule has 1 atom stereocenters. The average molecular weight is 615 g/mol. The number of halogens is 3. The molecule has 4 aromatic rings. The van der Waals surface area contributed by atoms with E-state index in [1.54, 1.807) is 6.92 Å². The molecule has 3 heterocycles. The van der Waals surface area contributed by atoms with Crippen LogP contribution in [-0.4, -0.2) is 30.4 Å². The van der Waals surface area contributed by atoms with Crippen molar-refractivity contribution < 1.29 is 27.1 Å². The van der Waals surface area contributed by atoms with Crippen LogP contribution in [-0.2, 0) is 15.6 Å². The molecule has 1 aromatic carbocycles. The van der Waals surface area contributed by atoms with Crippen molar-refractivity contribution in [3.63, 3.8) is 0 Å². The molecule has 0 aliphatic heterocycles. The van der Waals surface area contributed by atoms with Gasteiger partial charge < -0.3 is 9.16 Å². The average Bonchev–Trinajstić information content (AvgIpc) is 3.34. The molecule has 0 N–H and O–H groups in total. The Morgan fingerprint density at radius 2 is 1.88 bits per heavy atom. The zero-order chi connectivity index (χ0) is 30.6. The lowest BCUT2D eigenvalue weighted by Gasteiger charge is -2.40. The molecular formula is C31H33F3N2O4SSi. The van der Waals surface area contributed by atoms with E-state index in [9.17, 15) is 18.4 Å². The lowest BCUT2D eigenvalue weighted by Crippen LogP contribution is -2.42. The van der Waals surface area contributed by atoms with Gasteiger partial charge in [-0.3, -0.25) is 9.36 Å². The molecule has 3 aromatic heterocycles. The lowest BCUT2D eigenvalue weighted by atomic mass is 9.97. The molecule has 0 amide bonds. The number of benzene rings is 1. The highest BCUT2D eigenvalue weighted by Crippen LogP contribution is 2.47. The maximum atomic E-state index is 15.8. The van der Waals surface area contributed by atoms with Gasteiger partial charge in [-0.1, -0.05) is 20.8 Å². The maximum absolute atomic E-state index is 15.8. The predicted octanol–water partition coefficient (Wildman–Crippen LogP) is 8.11. The van der Waals surface area contributed by atoms with Gasteiger partial charge in [-0.05, 0) is 74.1 Å². The molecule has 222 valence electrons. The number of rotatable bonds is 6. The van der Waals surface area contributed by atoms with Crippen LogP contribution in [0, 0.1) is 17.5 Å². The quantitative estimate of drug-likeness (QED) is 0.162. The summed E-state index contributed by atoms with van der Waals surface area (Å²) in [5.74, 6) is -3.44. The van der Waals surface area contributed by atoms with Gasteiger partial charge in [0.15, 0.2) is 14.1 Å². The molecule has 0 spiro atoms. The standard InChI is InChI=1S/C31H33F3N2O4SSi/c1-7-39-30(38)20-16-36(23-12-11-18(32)14-21(23)33)29-19(27(20)37)15-22(34)26(35-29)25-13-17-9-8-10-24(28(17)41-25)40-42(5,6)31(2,3)4/h11-16,24H,7-10H2,1-6H3. The Labute approximate surface area is 247 Å². The Morgan fingerprint density at radius 1 is 1.14 bits per heavy atom. The molecule has 1 aliphatic carbocycles. The number of carbonyl (C=O) groups is 1. The van der Waals surface area contributed by atoms with Crippen molar-refractivity contribution in [2.75, 3.05) is 6.61 Å². The fourth-order valence-electron chi connectivity index (χ4n) is 4.89. The van der Waals surface area contributed by atoms with Gasteiger partial charge in [0, 0.05) is 17.1 Å². The van der Waals surface area contributed by atoms with Crippen LogP contribution >= 0.6 is 11.3 Å². The number of fused-ring (bicyclic) bond motifs is 2. The molecule has 0 saturated carbocycles. The first-order chi connectivity index (χ1) is 19.7. The van der Waals surface area contributed by atoms with Crippen LogP contribution in [0.2, 0.25) is 18.1 Å². The molecule has 5 rings (SSSR count). The topological polar surface area (TPSA) is 70.4 Å². The van der Waals surface area contributed by atoms with Crippen LogP contribution in [0.4, 0.5) is 13.2 Å². The highest BCUT2D eigenvalue weighted by molar-refractivity contribution is 7.15. The van der Waals surface area contributed by atoms with Gasteiger partial charge in [0.1, 0.15) is 28.5 Å². The minimum atomic E-state index is -2.08. The number of thiophene rings is 1. The Kier molecular flexibility index (Phi) is 7.97. The predicted molar refractivity (Wildman–Crippen MR) is 160 cm³/mol. The van der Waals surface area contributed by atoms with Gasteiger partial charge in [0.05, 0.1) is 28.7 Å². The Balaban J connectivity index is 1.69. The molecule has 0 radical (unpaired) electrons. The first kappa shape index (κ1) is 30.2. The molecule has 1 unspecified atom stereocenters. The summed E-state index contributed by atoms with van der Waals surface area (Å²) in [7, 11) is -2.08. The van der Waals surface area contributed by atoms with E-state index in [1.807, 2.05) is 6.07 Å². The smallest absolute Gasteiger partial charge is 0.343 e. The highest BCUT2D eigenvalue weighted by atomic mass is 32.1. The van der Waals surface area contributed by atoms with Crippen LogP contribution < -0.4 is 5.43 Å². The minimum Gasteiger partial charge on any atom is -0.462 e. The number of aryl methyl sites for hydroxylation is 1. The first-order valence-electron chi connectivity index (χ1n) is 13.9. The number of hydrogen-bond donors (Lipinski definition) is 0. The van der Waals surface area contributed by atoms with Crippen LogP contribution in [0.5, 0.6) is 0 Å². The van der Waals surface area contributed by atoms with E-state index in [0.717, 1.165) is 52.6 Å². The maximum Gasteiger partial charge on any atom is 0.343 e. The van der Waals surface area contributed by atoms with Crippen molar-refractivity contribution in [2.45, 2.75) is 71.2 Å². The van der Waals surface area contributed by atoms with Gasteiger partial charge in [0.25, 0.3) is 0 Å². The van der Waals surface area contributed by atoms with Gasteiger partial charge in [-0.25, -0.2) is 22.9 Å². The van der Waals surface area contributed by atoms with Gasteiger partial charge in [-0.2, -0.15) is 0 Å². The van der Waals surface area contributed by atoms with Crippen LogP contribution in [0.1, 0.15) is 67.4 Å². The van der Waals surface area contributed by atoms with Crippen molar-refractivity contribution in [2.24, 2.45) is 0 Å². The SMILES string of the molecule is CCOC(=O)c1cn(-c2ccc(F)cc2F)c2nc(-c3cc4c(s3)C(O[Si](C)(C)C(C)(C)C)CCC4)c(F)cc2c1=O. The second-order valence-electron chi connectivity index (χ2n) is 12.0. The number of esters is 1. The van der Waals surface area contributed by atoms with Crippen molar-refractivity contribution in [1.82, 2.24) is 9.55 Å². The summed E-state index contributed by atoms with van der Waals surface area (Å²) in [6, 6.07) is 5.83. The number of ether oxygens (including phenoxy) is 1. The number of pyridine rings is 2. The van der Waals surface area contributed by atoms with E-state index in [2.05, 4.69) is 38.8 Å². The molecule has 0 saturated heterocycles. The van der Waals surface area contributed by atoms with E-state index < -0.39 is 42.7 Å². The zero-order valence-electron chi connectivity index (χ0n) is 24.4. The fraction of sp³-hybridized carbons (Fsp3) is 0.387. The summed E-state index contributed by atoms with van der Waals surface area (Å²) in [6.45, 7) is 12.6. The molecular weight excluding hydrogens is 581 g/mol. The molecule has 0 fully saturated rings. The zero-order valence-corrected chi connectivity index (χ0v) is 26.3. The third-order valence-corrected chi connectivity index (χ3v) is 13.9. The Hall–Kier alpha value is -3.28. The van der Waals surface area contributed by atoms with Crippen molar-refractivity contribution >= 4 is 36.7 Å². The van der Waals surface area contributed by atoms with Crippen molar-refractivity contribution in [3.8, 4) is 16.3 Å². The normalized spacial score (nSPS) is 15.6. The lowest BCUT2D eigenvalue weighted by molar-refractivity contribution is 0.0524. The van der Waals surface area contributed by atoms with Gasteiger partial charge >= 0.3 is 5.97 Å². The third kappa shape index (κ3) is 5.45. The van der Waals surface area contributed by atoms with E-state index in [4.69, 9.17) is 9.16 Å². The summed E-state index contributed by atoms with van der Waals surface area (Å²) < 4.78 is 57.4. The summed E-state index contributed by atoms with van der Waals surface area (Å²) in [5, 5.41) is -0.204. The van der Waals surface area contributed by atoms with Crippen LogP contribution in [0.15, 0.2) is 41.3 Å². The van der Waals surface area contributed by atoms with E-state index in [1.165, 1.54) is 17.4 Å². The van der Waals surface area contributed by atoms with E-state index in [-0.39, 0.29) is 40.2 Å². The van der Waals surface area contributed by atoms with Crippen LogP contribution in [0.3, 0.4) is 0 Å². The van der Waals surface area contributed by atoms with E-state index in [0.29, 0.717) is 10.9 Å². The third-order valence-electron chi connectivity index (χ3n) is 8.12. The Morgan fingerprint density at radius 3 is 2.55 bits per heavy atom. The monoisotopic (exact) mass is 614 g/mol. The summed E-state index contributed by atoms with van der Waals surface area (Å²) in [4.78, 5) is 32.0. The molecule has 11 heteroatoms. The second kappa shape index (κ2) is 11.1. The number of carbonyl (C=O) groups excluding carboxylic acids is 1.